The molecule has 0 amide bonds. The lowest BCUT2D eigenvalue weighted by molar-refractivity contribution is -0.0250. The van der Waals surface area contributed by atoms with Crippen LogP contribution in [-0.2, 0) is 0 Å². The Morgan fingerprint density at radius 3 is 2.21 bits per heavy atom. The van der Waals surface area contributed by atoms with Gasteiger partial charge in [0.1, 0.15) is 0 Å². The minimum absolute atomic E-state index is 0.281. The molecule has 0 aliphatic heterocycles. The molecule has 102 valence electrons. The zero-order valence-corrected chi connectivity index (χ0v) is 12.2. The number of Topliss-reactive ketones (excluding diaryl/α,β-unsaturated/α-hetero) is 1. The smallest absolute Gasteiger partial charge is 0.169 e. The Morgan fingerprint density at radius 1 is 1.16 bits per heavy atom. The van der Waals surface area contributed by atoms with Gasteiger partial charge in [0.05, 0.1) is 10.6 Å². The van der Waals surface area contributed by atoms with Crippen LogP contribution in [0.4, 0.5) is 5.00 Å². The summed E-state index contributed by atoms with van der Waals surface area (Å²) < 4.78 is 0. The number of hydrogen-bond donors (Lipinski definition) is 1. The molecule has 1 aromatic rings. The van der Waals surface area contributed by atoms with Crippen LogP contribution in [0.1, 0.15) is 48.0 Å². The second kappa shape index (κ2) is 4.08. The van der Waals surface area contributed by atoms with E-state index in [0.717, 1.165) is 28.0 Å². The summed E-state index contributed by atoms with van der Waals surface area (Å²) in [4.78, 5) is 13.0. The van der Waals surface area contributed by atoms with Crippen LogP contribution in [-0.4, -0.2) is 5.78 Å². The Hall–Kier alpha value is -0.830. The third-order valence-corrected chi connectivity index (χ3v) is 6.71. The van der Waals surface area contributed by atoms with Gasteiger partial charge in [-0.2, -0.15) is 0 Å². The van der Waals surface area contributed by atoms with Crippen LogP contribution in [0, 0.1) is 36.5 Å². The molecule has 4 bridgehead atoms. The van der Waals surface area contributed by atoms with Gasteiger partial charge in [-0.3, -0.25) is 4.79 Å². The van der Waals surface area contributed by atoms with E-state index in [-0.39, 0.29) is 5.92 Å². The highest BCUT2D eigenvalue weighted by Gasteiger charge is 2.51. The van der Waals surface area contributed by atoms with Crippen molar-refractivity contribution in [1.82, 2.24) is 0 Å². The van der Waals surface area contributed by atoms with Gasteiger partial charge in [-0.25, -0.2) is 0 Å². The Labute approximate surface area is 118 Å². The standard InChI is InChI=1S/C16H21NOS/c1-8-7-19-16(17)13(8)15(18)14-11-3-9-2-10(5-11)6-12(14)4-9/h7,9-12,14H,2-6,17H2,1H3. The molecule has 4 aliphatic rings. The SMILES string of the molecule is Cc1csc(N)c1C(=O)C1C2CC3CC(C2)CC1C3. The van der Waals surface area contributed by atoms with Crippen LogP contribution in [0.25, 0.3) is 0 Å². The summed E-state index contributed by atoms with van der Waals surface area (Å²) in [6, 6.07) is 0. The van der Waals surface area contributed by atoms with E-state index in [1.807, 2.05) is 12.3 Å². The van der Waals surface area contributed by atoms with Crippen LogP contribution >= 0.6 is 11.3 Å². The zero-order chi connectivity index (χ0) is 13.1. The lowest BCUT2D eigenvalue weighted by Gasteiger charge is -2.53. The van der Waals surface area contributed by atoms with Crippen molar-refractivity contribution in [2.75, 3.05) is 5.73 Å². The van der Waals surface area contributed by atoms with E-state index in [0.29, 0.717) is 17.6 Å². The molecule has 0 unspecified atom stereocenters. The predicted molar refractivity (Wildman–Crippen MR) is 78.3 cm³/mol. The van der Waals surface area contributed by atoms with Crippen molar-refractivity contribution < 1.29 is 4.79 Å². The first-order chi connectivity index (χ1) is 9.13. The number of ketones is 1. The molecule has 0 radical (unpaired) electrons. The van der Waals surface area contributed by atoms with Crippen molar-refractivity contribution in [3.05, 3.63) is 16.5 Å². The predicted octanol–water partition coefficient (Wildman–Crippen LogP) is 3.89. The number of rotatable bonds is 2. The molecule has 2 N–H and O–H groups in total. The van der Waals surface area contributed by atoms with Crippen molar-refractivity contribution >= 4 is 22.1 Å². The molecule has 0 aromatic carbocycles. The fourth-order valence-electron chi connectivity index (χ4n) is 5.30. The average molecular weight is 275 g/mol. The van der Waals surface area contributed by atoms with Crippen LogP contribution in [0.2, 0.25) is 0 Å². The van der Waals surface area contributed by atoms with Crippen molar-refractivity contribution in [1.29, 1.82) is 0 Å². The van der Waals surface area contributed by atoms with Gasteiger partial charge in [0, 0.05) is 5.92 Å². The van der Waals surface area contributed by atoms with Crippen molar-refractivity contribution in [3.63, 3.8) is 0 Å². The normalized spacial score (nSPS) is 39.7. The van der Waals surface area contributed by atoms with E-state index in [2.05, 4.69) is 0 Å². The molecule has 0 spiro atoms. The molecule has 5 rings (SSSR count). The summed E-state index contributed by atoms with van der Waals surface area (Å²) in [6.45, 7) is 2.02. The van der Waals surface area contributed by atoms with E-state index >= 15 is 0 Å². The second-order valence-electron chi connectivity index (χ2n) is 6.98. The topological polar surface area (TPSA) is 43.1 Å². The number of thiophene rings is 1. The van der Waals surface area contributed by atoms with Crippen LogP contribution in [0.3, 0.4) is 0 Å². The summed E-state index contributed by atoms with van der Waals surface area (Å²) in [6.07, 6.45) is 6.63. The van der Waals surface area contributed by atoms with Crippen molar-refractivity contribution in [3.8, 4) is 0 Å². The highest BCUT2D eigenvalue weighted by molar-refractivity contribution is 7.14. The fourth-order valence-corrected chi connectivity index (χ4v) is 6.10. The lowest BCUT2D eigenvalue weighted by Crippen LogP contribution is -2.48. The second-order valence-corrected chi connectivity index (χ2v) is 7.89. The van der Waals surface area contributed by atoms with Gasteiger partial charge in [0.15, 0.2) is 5.78 Å². The molecule has 4 aliphatic carbocycles. The van der Waals surface area contributed by atoms with Crippen molar-refractivity contribution in [2.45, 2.75) is 39.0 Å². The minimum Gasteiger partial charge on any atom is -0.390 e. The minimum atomic E-state index is 0.281. The van der Waals surface area contributed by atoms with E-state index < -0.39 is 0 Å². The molecule has 1 heterocycles. The highest BCUT2D eigenvalue weighted by Crippen LogP contribution is 2.57. The number of aryl methyl sites for hydroxylation is 1. The first-order valence-electron chi connectivity index (χ1n) is 7.51. The summed E-state index contributed by atoms with van der Waals surface area (Å²) >= 11 is 1.52. The van der Waals surface area contributed by atoms with Gasteiger partial charge >= 0.3 is 0 Å². The van der Waals surface area contributed by atoms with Crippen LogP contribution in [0.5, 0.6) is 0 Å². The van der Waals surface area contributed by atoms with Gasteiger partial charge in [-0.15, -0.1) is 11.3 Å². The van der Waals surface area contributed by atoms with Crippen LogP contribution < -0.4 is 5.73 Å². The van der Waals surface area contributed by atoms with Gasteiger partial charge < -0.3 is 5.73 Å². The molecule has 2 nitrogen and oxygen atoms in total. The first-order valence-corrected chi connectivity index (χ1v) is 8.39. The molecule has 19 heavy (non-hydrogen) atoms. The number of carbonyl (C=O) groups is 1. The fraction of sp³-hybridized carbons (Fsp3) is 0.688. The number of nitrogen functional groups attached to an aromatic ring is 1. The quantitative estimate of drug-likeness (QED) is 0.832. The van der Waals surface area contributed by atoms with E-state index in [9.17, 15) is 4.79 Å². The van der Waals surface area contributed by atoms with Crippen molar-refractivity contribution in [2.24, 2.45) is 29.6 Å². The summed E-state index contributed by atoms with van der Waals surface area (Å²) in [7, 11) is 0. The lowest BCUT2D eigenvalue weighted by atomic mass is 9.51. The molecule has 1 aromatic heterocycles. The monoisotopic (exact) mass is 275 g/mol. The van der Waals surface area contributed by atoms with Crippen LogP contribution in [0.15, 0.2) is 5.38 Å². The maximum Gasteiger partial charge on any atom is 0.169 e. The average Bonchev–Trinajstić information content (AvgIpc) is 2.67. The maximum absolute atomic E-state index is 13.0. The molecule has 4 fully saturated rings. The van der Waals surface area contributed by atoms with Gasteiger partial charge in [0.25, 0.3) is 0 Å². The van der Waals surface area contributed by atoms with Gasteiger partial charge in [0.2, 0.25) is 0 Å². The number of anilines is 1. The molecule has 0 atom stereocenters. The van der Waals surface area contributed by atoms with E-state index in [4.69, 9.17) is 5.73 Å². The Balaban J connectivity index is 1.68. The van der Waals surface area contributed by atoms with Gasteiger partial charge in [-0.05, 0) is 73.6 Å². The number of hydrogen-bond acceptors (Lipinski definition) is 3. The first kappa shape index (κ1) is 12.0. The Bertz CT molecular complexity index is 485. The van der Waals surface area contributed by atoms with E-state index in [1.165, 1.54) is 43.4 Å². The molecule has 0 saturated heterocycles. The third kappa shape index (κ3) is 1.70. The van der Waals surface area contributed by atoms with Gasteiger partial charge in [-0.1, -0.05) is 0 Å². The maximum atomic E-state index is 13.0. The zero-order valence-electron chi connectivity index (χ0n) is 11.4. The molecule has 3 heteroatoms. The molecular weight excluding hydrogens is 254 g/mol. The largest absolute Gasteiger partial charge is 0.390 e. The third-order valence-electron chi connectivity index (χ3n) is 5.78. The summed E-state index contributed by atoms with van der Waals surface area (Å²) in [5.41, 5.74) is 7.97. The Morgan fingerprint density at radius 2 is 1.74 bits per heavy atom. The summed E-state index contributed by atoms with van der Waals surface area (Å²) in [5.74, 6) is 3.80. The molecule has 4 saturated carbocycles. The Kier molecular flexibility index (Phi) is 2.57. The number of nitrogens with two attached hydrogens (primary N) is 1. The highest BCUT2D eigenvalue weighted by atomic mass is 32.1. The number of carbonyl (C=O) groups excluding carboxylic acids is 1. The molecular formula is C16H21NOS. The van der Waals surface area contributed by atoms with E-state index in [1.54, 1.807) is 0 Å². The summed E-state index contributed by atoms with van der Waals surface area (Å²) in [5, 5.41) is 2.76.